The minimum atomic E-state index is 0.237. The second-order valence-electron chi connectivity index (χ2n) is 5.69. The van der Waals surface area contributed by atoms with Gasteiger partial charge in [0.15, 0.2) is 0 Å². The van der Waals surface area contributed by atoms with Crippen molar-refractivity contribution in [2.75, 3.05) is 0 Å². The lowest BCUT2D eigenvalue weighted by Crippen LogP contribution is -1.85. The number of pyridine rings is 1. The molecular formula is C21H15NO2. The Balaban J connectivity index is 1.92. The van der Waals surface area contributed by atoms with Gasteiger partial charge in [0, 0.05) is 23.5 Å². The maximum Gasteiger partial charge on any atom is 0.124 e. The van der Waals surface area contributed by atoms with Crippen LogP contribution in [-0.2, 0) is 0 Å². The Morgan fingerprint density at radius 2 is 1.54 bits per heavy atom. The molecule has 0 unspecified atom stereocenters. The molecule has 0 aliphatic rings. The summed E-state index contributed by atoms with van der Waals surface area (Å²) in [5.74, 6) is 0.481. The number of aromatic hydroxyl groups is 2. The Morgan fingerprint density at radius 1 is 0.708 bits per heavy atom. The van der Waals surface area contributed by atoms with Gasteiger partial charge >= 0.3 is 0 Å². The standard InChI is InChI=1S/C21H15NO2/c23-18-5-1-3-14(12-18)15-6-8-19-16(11-15)7-9-20(24)21(19)17-4-2-10-22-13-17/h1-13,23-24H. The normalized spacial score (nSPS) is 10.8. The molecule has 3 aromatic carbocycles. The van der Waals surface area contributed by atoms with Crippen LogP contribution >= 0.6 is 0 Å². The van der Waals surface area contributed by atoms with Crippen molar-refractivity contribution in [3.8, 4) is 33.8 Å². The molecule has 0 aliphatic heterocycles. The van der Waals surface area contributed by atoms with Gasteiger partial charge in [0.25, 0.3) is 0 Å². The fraction of sp³-hybridized carbons (Fsp3) is 0. The lowest BCUT2D eigenvalue weighted by molar-refractivity contribution is 0.475. The number of phenols is 2. The maximum absolute atomic E-state index is 10.3. The van der Waals surface area contributed by atoms with Crippen LogP contribution in [0.2, 0.25) is 0 Å². The van der Waals surface area contributed by atoms with Gasteiger partial charge in [-0.05, 0) is 52.2 Å². The number of fused-ring (bicyclic) bond motifs is 1. The predicted molar refractivity (Wildman–Crippen MR) is 95.9 cm³/mol. The van der Waals surface area contributed by atoms with E-state index in [4.69, 9.17) is 0 Å². The second-order valence-corrected chi connectivity index (χ2v) is 5.69. The van der Waals surface area contributed by atoms with Crippen molar-refractivity contribution in [2.45, 2.75) is 0 Å². The number of hydrogen-bond acceptors (Lipinski definition) is 3. The first kappa shape index (κ1) is 14.3. The summed E-state index contributed by atoms with van der Waals surface area (Å²) in [4.78, 5) is 4.14. The van der Waals surface area contributed by atoms with Gasteiger partial charge in [-0.25, -0.2) is 0 Å². The quantitative estimate of drug-likeness (QED) is 0.549. The zero-order valence-electron chi connectivity index (χ0n) is 12.8. The molecule has 2 N–H and O–H groups in total. The molecular weight excluding hydrogens is 298 g/mol. The Kier molecular flexibility index (Phi) is 3.39. The molecule has 0 radical (unpaired) electrons. The highest BCUT2D eigenvalue weighted by atomic mass is 16.3. The van der Waals surface area contributed by atoms with E-state index in [0.717, 1.165) is 33.0 Å². The zero-order valence-corrected chi connectivity index (χ0v) is 12.8. The highest BCUT2D eigenvalue weighted by molar-refractivity contribution is 6.01. The van der Waals surface area contributed by atoms with Crippen molar-refractivity contribution in [1.82, 2.24) is 4.98 Å². The lowest BCUT2D eigenvalue weighted by Gasteiger charge is -2.11. The first-order valence-corrected chi connectivity index (χ1v) is 7.68. The van der Waals surface area contributed by atoms with Crippen LogP contribution in [0.3, 0.4) is 0 Å². The summed E-state index contributed by atoms with van der Waals surface area (Å²) in [5, 5.41) is 22.0. The van der Waals surface area contributed by atoms with E-state index in [1.54, 1.807) is 30.6 Å². The van der Waals surface area contributed by atoms with E-state index in [1.165, 1.54) is 0 Å². The van der Waals surface area contributed by atoms with E-state index in [0.29, 0.717) is 0 Å². The largest absolute Gasteiger partial charge is 0.508 e. The van der Waals surface area contributed by atoms with Crippen molar-refractivity contribution in [1.29, 1.82) is 0 Å². The number of rotatable bonds is 2. The van der Waals surface area contributed by atoms with Crippen molar-refractivity contribution < 1.29 is 10.2 Å². The molecule has 0 saturated heterocycles. The van der Waals surface area contributed by atoms with Crippen LogP contribution < -0.4 is 0 Å². The fourth-order valence-corrected chi connectivity index (χ4v) is 3.00. The van der Waals surface area contributed by atoms with Crippen LogP contribution in [-0.4, -0.2) is 15.2 Å². The third kappa shape index (κ3) is 2.46. The summed E-state index contributed by atoms with van der Waals surface area (Å²) >= 11 is 0. The topological polar surface area (TPSA) is 53.4 Å². The summed E-state index contributed by atoms with van der Waals surface area (Å²) in [6, 6.07) is 20.6. The van der Waals surface area contributed by atoms with Gasteiger partial charge in [-0.15, -0.1) is 0 Å². The van der Waals surface area contributed by atoms with E-state index >= 15 is 0 Å². The van der Waals surface area contributed by atoms with Crippen LogP contribution in [0.1, 0.15) is 0 Å². The van der Waals surface area contributed by atoms with Crippen LogP contribution in [0.4, 0.5) is 0 Å². The van der Waals surface area contributed by atoms with E-state index in [9.17, 15) is 10.2 Å². The van der Waals surface area contributed by atoms with Gasteiger partial charge in [-0.3, -0.25) is 4.98 Å². The van der Waals surface area contributed by atoms with Crippen LogP contribution in [0.5, 0.6) is 11.5 Å². The Bertz CT molecular complexity index is 1030. The molecule has 4 aromatic rings. The number of benzene rings is 3. The number of nitrogens with zero attached hydrogens (tertiary/aromatic N) is 1. The van der Waals surface area contributed by atoms with Crippen molar-refractivity contribution >= 4 is 10.8 Å². The lowest BCUT2D eigenvalue weighted by atomic mass is 9.95. The first-order valence-electron chi connectivity index (χ1n) is 7.68. The van der Waals surface area contributed by atoms with Crippen LogP contribution in [0, 0.1) is 0 Å². The molecule has 0 fully saturated rings. The zero-order chi connectivity index (χ0) is 16.5. The first-order chi connectivity index (χ1) is 11.7. The van der Waals surface area contributed by atoms with Gasteiger partial charge in [0.2, 0.25) is 0 Å². The summed E-state index contributed by atoms with van der Waals surface area (Å²) in [7, 11) is 0. The van der Waals surface area contributed by atoms with Gasteiger partial charge in [-0.2, -0.15) is 0 Å². The molecule has 116 valence electrons. The van der Waals surface area contributed by atoms with Gasteiger partial charge in [0.1, 0.15) is 11.5 Å². The number of phenolic OH excluding ortho intramolecular Hbond substituents is 2. The van der Waals surface area contributed by atoms with Crippen LogP contribution in [0.15, 0.2) is 79.1 Å². The highest BCUT2D eigenvalue weighted by Gasteiger charge is 2.10. The monoisotopic (exact) mass is 313 g/mol. The van der Waals surface area contributed by atoms with Crippen molar-refractivity contribution in [3.63, 3.8) is 0 Å². The summed E-state index contributed by atoms with van der Waals surface area (Å²) < 4.78 is 0. The third-order valence-corrected chi connectivity index (χ3v) is 4.13. The maximum atomic E-state index is 10.3. The van der Waals surface area contributed by atoms with Gasteiger partial charge < -0.3 is 10.2 Å². The average molecular weight is 313 g/mol. The Morgan fingerprint density at radius 3 is 2.33 bits per heavy atom. The molecule has 24 heavy (non-hydrogen) atoms. The van der Waals surface area contributed by atoms with Gasteiger partial charge in [0.05, 0.1) is 0 Å². The van der Waals surface area contributed by atoms with E-state index < -0.39 is 0 Å². The Labute approximate surface area is 139 Å². The molecule has 3 nitrogen and oxygen atoms in total. The minimum absolute atomic E-state index is 0.237. The van der Waals surface area contributed by atoms with Crippen molar-refractivity contribution in [2.24, 2.45) is 0 Å². The summed E-state index contributed by atoms with van der Waals surface area (Å²) in [6.45, 7) is 0. The molecule has 0 aliphatic carbocycles. The second kappa shape index (κ2) is 5.70. The van der Waals surface area contributed by atoms with E-state index in [1.807, 2.05) is 42.5 Å². The van der Waals surface area contributed by atoms with E-state index in [-0.39, 0.29) is 11.5 Å². The molecule has 1 aromatic heterocycles. The fourth-order valence-electron chi connectivity index (χ4n) is 3.00. The molecule has 4 rings (SSSR count). The summed E-state index contributed by atoms with van der Waals surface area (Å²) in [5.41, 5.74) is 3.63. The molecule has 1 heterocycles. The Hall–Kier alpha value is -3.33. The molecule has 0 amide bonds. The summed E-state index contributed by atoms with van der Waals surface area (Å²) in [6.07, 6.45) is 3.46. The predicted octanol–water partition coefficient (Wildman–Crippen LogP) is 4.98. The van der Waals surface area contributed by atoms with Crippen LogP contribution in [0.25, 0.3) is 33.0 Å². The molecule has 0 atom stereocenters. The molecule has 0 spiro atoms. The highest BCUT2D eigenvalue weighted by Crippen LogP contribution is 2.37. The number of hydrogen-bond donors (Lipinski definition) is 2. The van der Waals surface area contributed by atoms with Gasteiger partial charge in [-0.1, -0.05) is 36.4 Å². The molecule has 3 heteroatoms. The smallest absolute Gasteiger partial charge is 0.124 e. The third-order valence-electron chi connectivity index (χ3n) is 4.13. The molecule has 0 saturated carbocycles. The SMILES string of the molecule is Oc1cccc(-c2ccc3c(-c4cccnc4)c(O)ccc3c2)c1. The average Bonchev–Trinajstić information content (AvgIpc) is 2.62. The minimum Gasteiger partial charge on any atom is -0.508 e. The van der Waals surface area contributed by atoms with Crippen molar-refractivity contribution in [3.05, 3.63) is 79.1 Å². The molecule has 0 bridgehead atoms. The number of aromatic nitrogens is 1. The van der Waals surface area contributed by atoms with E-state index in [2.05, 4.69) is 11.1 Å².